The minimum atomic E-state index is -0.532. The summed E-state index contributed by atoms with van der Waals surface area (Å²) in [5.74, 6) is -0.270. The maximum atomic E-state index is 11.8. The number of ketones is 1. The number of nitro benzene ring substituents is 1. The van der Waals surface area contributed by atoms with Crippen LogP contribution in [-0.4, -0.2) is 25.7 Å². The standard InChI is InChI=1S/C14H10N4O3/c1-9(19)11-8-10(18(20)21)6-7-13(11)17-14-5-3-2-4-12(14)15-16-17/h2-8H,1H3. The molecule has 104 valence electrons. The molecule has 7 heteroatoms. The number of para-hydroxylation sites is 1. The van der Waals surface area contributed by atoms with Crippen LogP contribution in [0.5, 0.6) is 0 Å². The van der Waals surface area contributed by atoms with Gasteiger partial charge in [-0.05, 0) is 25.1 Å². The highest BCUT2D eigenvalue weighted by Crippen LogP contribution is 2.24. The number of aromatic nitrogens is 3. The van der Waals surface area contributed by atoms with E-state index in [4.69, 9.17) is 0 Å². The Morgan fingerprint density at radius 1 is 1.24 bits per heavy atom. The van der Waals surface area contributed by atoms with Crippen LogP contribution in [0.15, 0.2) is 42.5 Å². The second-order valence-electron chi connectivity index (χ2n) is 4.50. The first-order valence-electron chi connectivity index (χ1n) is 6.18. The van der Waals surface area contributed by atoms with Crippen molar-refractivity contribution in [3.8, 4) is 5.69 Å². The Balaban J connectivity index is 2.27. The van der Waals surface area contributed by atoms with Crippen molar-refractivity contribution in [3.05, 3.63) is 58.1 Å². The molecule has 3 aromatic rings. The Labute approximate surface area is 119 Å². The quantitative estimate of drug-likeness (QED) is 0.418. The van der Waals surface area contributed by atoms with Gasteiger partial charge in [0.15, 0.2) is 5.78 Å². The predicted octanol–water partition coefficient (Wildman–Crippen LogP) is 2.53. The number of rotatable bonds is 3. The second kappa shape index (κ2) is 4.78. The number of nitrogens with zero attached hydrogens (tertiary/aromatic N) is 4. The fourth-order valence-corrected chi connectivity index (χ4v) is 2.15. The molecular weight excluding hydrogens is 272 g/mol. The first kappa shape index (κ1) is 12.9. The summed E-state index contributed by atoms with van der Waals surface area (Å²) in [6.07, 6.45) is 0. The van der Waals surface area contributed by atoms with E-state index < -0.39 is 4.92 Å². The maximum Gasteiger partial charge on any atom is 0.270 e. The molecule has 0 spiro atoms. The van der Waals surface area contributed by atoms with E-state index in [2.05, 4.69) is 10.3 Å². The monoisotopic (exact) mass is 282 g/mol. The smallest absolute Gasteiger partial charge is 0.270 e. The second-order valence-corrected chi connectivity index (χ2v) is 4.50. The first-order chi connectivity index (χ1) is 10.1. The van der Waals surface area contributed by atoms with Crippen LogP contribution in [0.2, 0.25) is 0 Å². The zero-order valence-electron chi connectivity index (χ0n) is 11.1. The molecule has 0 aliphatic heterocycles. The van der Waals surface area contributed by atoms with Gasteiger partial charge in [-0.1, -0.05) is 17.3 Å². The van der Waals surface area contributed by atoms with Gasteiger partial charge in [0.25, 0.3) is 5.69 Å². The van der Waals surface area contributed by atoms with E-state index in [1.807, 2.05) is 18.2 Å². The Morgan fingerprint density at radius 2 is 2.00 bits per heavy atom. The fraction of sp³-hybridized carbons (Fsp3) is 0.0714. The van der Waals surface area contributed by atoms with Crippen LogP contribution in [0.3, 0.4) is 0 Å². The molecule has 1 aromatic heterocycles. The van der Waals surface area contributed by atoms with E-state index >= 15 is 0 Å². The molecule has 7 nitrogen and oxygen atoms in total. The average Bonchev–Trinajstić information content (AvgIpc) is 2.90. The van der Waals surface area contributed by atoms with Crippen LogP contribution >= 0.6 is 0 Å². The molecule has 21 heavy (non-hydrogen) atoms. The summed E-state index contributed by atoms with van der Waals surface area (Å²) in [6.45, 7) is 1.36. The normalized spacial score (nSPS) is 10.7. The van der Waals surface area contributed by atoms with E-state index in [1.165, 1.54) is 29.8 Å². The van der Waals surface area contributed by atoms with Gasteiger partial charge in [0.05, 0.1) is 16.1 Å². The van der Waals surface area contributed by atoms with Crippen LogP contribution < -0.4 is 0 Å². The van der Waals surface area contributed by atoms with Crippen molar-refractivity contribution >= 4 is 22.5 Å². The lowest BCUT2D eigenvalue weighted by atomic mass is 10.1. The lowest BCUT2D eigenvalue weighted by molar-refractivity contribution is -0.384. The molecule has 1 heterocycles. The number of hydrogen-bond donors (Lipinski definition) is 0. The number of carbonyl (C=O) groups excluding carboxylic acids is 1. The number of benzene rings is 2. The minimum Gasteiger partial charge on any atom is -0.294 e. The van der Waals surface area contributed by atoms with Crippen molar-refractivity contribution in [2.75, 3.05) is 0 Å². The van der Waals surface area contributed by atoms with Gasteiger partial charge in [0, 0.05) is 17.7 Å². The zero-order valence-corrected chi connectivity index (χ0v) is 11.1. The number of carbonyl (C=O) groups is 1. The predicted molar refractivity (Wildman–Crippen MR) is 75.5 cm³/mol. The molecule has 0 N–H and O–H groups in total. The number of fused-ring (bicyclic) bond motifs is 1. The third-order valence-corrected chi connectivity index (χ3v) is 3.15. The van der Waals surface area contributed by atoms with Gasteiger partial charge < -0.3 is 0 Å². The molecule has 2 aromatic carbocycles. The Morgan fingerprint density at radius 3 is 2.71 bits per heavy atom. The van der Waals surface area contributed by atoms with Gasteiger partial charge >= 0.3 is 0 Å². The van der Waals surface area contributed by atoms with Crippen molar-refractivity contribution in [2.24, 2.45) is 0 Å². The van der Waals surface area contributed by atoms with Crippen LogP contribution in [-0.2, 0) is 0 Å². The van der Waals surface area contributed by atoms with Crippen molar-refractivity contribution in [1.29, 1.82) is 0 Å². The largest absolute Gasteiger partial charge is 0.294 e. The third kappa shape index (κ3) is 2.14. The molecule has 0 amide bonds. The molecule has 0 aliphatic carbocycles. The fourth-order valence-electron chi connectivity index (χ4n) is 2.15. The van der Waals surface area contributed by atoms with E-state index in [9.17, 15) is 14.9 Å². The topological polar surface area (TPSA) is 90.9 Å². The molecule has 0 unspecified atom stereocenters. The van der Waals surface area contributed by atoms with Crippen molar-refractivity contribution in [2.45, 2.75) is 6.92 Å². The molecule has 0 aliphatic rings. The summed E-state index contributed by atoms with van der Waals surface area (Å²) in [5, 5.41) is 18.9. The summed E-state index contributed by atoms with van der Waals surface area (Å²) in [5.41, 5.74) is 1.99. The highest BCUT2D eigenvalue weighted by atomic mass is 16.6. The lowest BCUT2D eigenvalue weighted by Crippen LogP contribution is -2.06. The lowest BCUT2D eigenvalue weighted by Gasteiger charge is -2.07. The minimum absolute atomic E-state index is 0.131. The summed E-state index contributed by atoms with van der Waals surface area (Å²) in [4.78, 5) is 22.1. The van der Waals surface area contributed by atoms with E-state index in [0.717, 1.165) is 5.52 Å². The molecule has 0 saturated carbocycles. The molecule has 0 saturated heterocycles. The number of hydrogen-bond acceptors (Lipinski definition) is 5. The maximum absolute atomic E-state index is 11.8. The van der Waals surface area contributed by atoms with Crippen LogP contribution in [0, 0.1) is 10.1 Å². The van der Waals surface area contributed by atoms with Crippen LogP contribution in [0.25, 0.3) is 16.7 Å². The molecule has 0 bridgehead atoms. The third-order valence-electron chi connectivity index (χ3n) is 3.15. The van der Waals surface area contributed by atoms with Gasteiger partial charge in [-0.15, -0.1) is 5.10 Å². The van der Waals surface area contributed by atoms with Crippen molar-refractivity contribution < 1.29 is 9.72 Å². The SMILES string of the molecule is CC(=O)c1cc([N+](=O)[O-])ccc1-n1nnc2ccccc21. The van der Waals surface area contributed by atoms with Gasteiger partial charge in [0.1, 0.15) is 5.52 Å². The Bertz CT molecular complexity index is 870. The van der Waals surface area contributed by atoms with Gasteiger partial charge in [-0.2, -0.15) is 0 Å². The first-order valence-corrected chi connectivity index (χ1v) is 6.18. The van der Waals surface area contributed by atoms with E-state index in [0.29, 0.717) is 11.2 Å². The molecular formula is C14H10N4O3. The van der Waals surface area contributed by atoms with E-state index in [1.54, 1.807) is 6.07 Å². The summed E-state index contributed by atoms with van der Waals surface area (Å²) in [7, 11) is 0. The zero-order chi connectivity index (χ0) is 15.0. The number of non-ortho nitro benzene ring substituents is 1. The average molecular weight is 282 g/mol. The van der Waals surface area contributed by atoms with Gasteiger partial charge in [-0.25, -0.2) is 4.68 Å². The van der Waals surface area contributed by atoms with E-state index in [-0.39, 0.29) is 17.0 Å². The molecule has 0 radical (unpaired) electrons. The summed E-state index contributed by atoms with van der Waals surface area (Å²) in [6, 6.07) is 11.4. The highest BCUT2D eigenvalue weighted by Gasteiger charge is 2.17. The number of nitro groups is 1. The molecule has 0 atom stereocenters. The highest BCUT2D eigenvalue weighted by molar-refractivity contribution is 5.99. The van der Waals surface area contributed by atoms with Gasteiger partial charge in [-0.3, -0.25) is 14.9 Å². The molecule has 3 rings (SSSR count). The van der Waals surface area contributed by atoms with Crippen molar-refractivity contribution in [1.82, 2.24) is 15.0 Å². The van der Waals surface area contributed by atoms with Crippen LogP contribution in [0.1, 0.15) is 17.3 Å². The molecule has 0 fully saturated rings. The summed E-state index contributed by atoms with van der Waals surface area (Å²) < 4.78 is 1.51. The van der Waals surface area contributed by atoms with Crippen LogP contribution in [0.4, 0.5) is 5.69 Å². The van der Waals surface area contributed by atoms with Crippen molar-refractivity contribution in [3.63, 3.8) is 0 Å². The Kier molecular flexibility index (Phi) is 2.94. The van der Waals surface area contributed by atoms with Gasteiger partial charge in [0.2, 0.25) is 0 Å². The summed E-state index contributed by atoms with van der Waals surface area (Å²) >= 11 is 0. The number of Topliss-reactive ketones (excluding diaryl/α,β-unsaturated/α-hetero) is 1. The Hall–Kier alpha value is -3.09.